The van der Waals surface area contributed by atoms with Gasteiger partial charge in [0.05, 0.1) is 5.02 Å². The van der Waals surface area contributed by atoms with E-state index in [1.54, 1.807) is 18.2 Å². The van der Waals surface area contributed by atoms with Crippen LogP contribution in [-0.2, 0) is 0 Å². The molecule has 2 aromatic carbocycles. The van der Waals surface area contributed by atoms with Crippen LogP contribution in [0.1, 0.15) is 17.3 Å². The van der Waals surface area contributed by atoms with Crippen molar-refractivity contribution in [3.05, 3.63) is 58.1 Å². The summed E-state index contributed by atoms with van der Waals surface area (Å²) in [6, 6.07) is 12.6. The van der Waals surface area contributed by atoms with E-state index in [2.05, 4.69) is 0 Å². The van der Waals surface area contributed by atoms with Crippen LogP contribution in [0.3, 0.4) is 0 Å². The fourth-order valence-electron chi connectivity index (χ4n) is 2.11. The van der Waals surface area contributed by atoms with Gasteiger partial charge in [0.15, 0.2) is 5.78 Å². The summed E-state index contributed by atoms with van der Waals surface area (Å²) < 4.78 is 5.76. The second kappa shape index (κ2) is 4.97. The summed E-state index contributed by atoms with van der Waals surface area (Å²) in [6.45, 7) is 1.49. The zero-order valence-electron chi connectivity index (χ0n) is 10.6. The van der Waals surface area contributed by atoms with Gasteiger partial charge in [0.25, 0.3) is 0 Å². The molecule has 0 spiro atoms. The molecule has 0 saturated carbocycles. The van der Waals surface area contributed by atoms with Crippen molar-refractivity contribution in [1.29, 1.82) is 0 Å². The molecular weight excluding hydrogens is 295 g/mol. The normalized spacial score (nSPS) is 10.9. The van der Waals surface area contributed by atoms with Gasteiger partial charge in [0, 0.05) is 21.5 Å². The fourth-order valence-corrected chi connectivity index (χ4v) is 2.60. The number of rotatable bonds is 2. The number of hydrogen-bond acceptors (Lipinski definition) is 2. The van der Waals surface area contributed by atoms with E-state index >= 15 is 0 Å². The predicted octanol–water partition coefficient (Wildman–Crippen LogP) is 5.61. The van der Waals surface area contributed by atoms with Crippen molar-refractivity contribution in [3.8, 4) is 11.3 Å². The van der Waals surface area contributed by atoms with Crippen molar-refractivity contribution in [3.63, 3.8) is 0 Å². The maximum atomic E-state index is 11.4. The Bertz CT molecular complexity index is 818. The minimum atomic E-state index is -0.0575. The number of carbonyl (C=O) groups is 1. The molecular formula is C16H10Cl2O2. The van der Waals surface area contributed by atoms with E-state index in [9.17, 15) is 4.79 Å². The Morgan fingerprint density at radius 1 is 1.05 bits per heavy atom. The summed E-state index contributed by atoms with van der Waals surface area (Å²) in [7, 11) is 0. The van der Waals surface area contributed by atoms with Gasteiger partial charge in [0.1, 0.15) is 11.3 Å². The van der Waals surface area contributed by atoms with Gasteiger partial charge < -0.3 is 4.42 Å². The summed E-state index contributed by atoms with van der Waals surface area (Å²) >= 11 is 12.1. The van der Waals surface area contributed by atoms with Crippen LogP contribution in [0, 0.1) is 0 Å². The lowest BCUT2D eigenvalue weighted by Crippen LogP contribution is -1.92. The number of halogens is 2. The Labute approximate surface area is 125 Å². The van der Waals surface area contributed by atoms with E-state index in [1.165, 1.54) is 6.92 Å². The third kappa shape index (κ3) is 2.33. The summed E-state index contributed by atoms with van der Waals surface area (Å²) in [5, 5.41) is 2.02. The maximum Gasteiger partial charge on any atom is 0.161 e. The van der Waals surface area contributed by atoms with Gasteiger partial charge in [-0.3, -0.25) is 4.79 Å². The summed E-state index contributed by atoms with van der Waals surface area (Å²) in [5.74, 6) is 0.636. The van der Waals surface area contributed by atoms with E-state index < -0.39 is 0 Å². The number of Topliss-reactive ketones (excluding diaryl/α,β-unsaturated/α-hetero) is 1. The lowest BCUT2D eigenvalue weighted by Gasteiger charge is -2.02. The molecule has 0 amide bonds. The topological polar surface area (TPSA) is 30.2 Å². The van der Waals surface area contributed by atoms with Crippen LogP contribution in [0.25, 0.3) is 22.3 Å². The fraction of sp³-hybridized carbons (Fsp3) is 0.0625. The van der Waals surface area contributed by atoms with Crippen molar-refractivity contribution in [2.45, 2.75) is 6.92 Å². The number of hydrogen-bond donors (Lipinski definition) is 0. The highest BCUT2D eigenvalue weighted by Crippen LogP contribution is 2.31. The molecule has 0 atom stereocenters. The Balaban J connectivity index is 2.11. The average Bonchev–Trinajstić information content (AvgIpc) is 2.81. The average molecular weight is 305 g/mol. The van der Waals surface area contributed by atoms with E-state index in [-0.39, 0.29) is 5.78 Å². The number of furan rings is 1. The van der Waals surface area contributed by atoms with Crippen LogP contribution in [0.15, 0.2) is 46.9 Å². The quantitative estimate of drug-likeness (QED) is 0.576. The first-order valence-electron chi connectivity index (χ1n) is 6.04. The van der Waals surface area contributed by atoms with Crippen molar-refractivity contribution < 1.29 is 9.21 Å². The molecule has 3 aromatic rings. The molecule has 20 heavy (non-hydrogen) atoms. The largest absolute Gasteiger partial charge is 0.456 e. The zero-order chi connectivity index (χ0) is 14.3. The van der Waals surface area contributed by atoms with Gasteiger partial charge in [-0.1, -0.05) is 29.3 Å². The van der Waals surface area contributed by atoms with Crippen LogP contribution in [0.5, 0.6) is 0 Å². The van der Waals surface area contributed by atoms with Gasteiger partial charge in [-0.05, 0) is 43.3 Å². The van der Waals surface area contributed by atoms with Gasteiger partial charge in [-0.2, -0.15) is 0 Å². The minimum absolute atomic E-state index is 0.0575. The lowest BCUT2D eigenvalue weighted by molar-refractivity contribution is 0.101. The first kappa shape index (κ1) is 13.2. The van der Waals surface area contributed by atoms with Crippen molar-refractivity contribution >= 4 is 40.0 Å². The number of fused-ring (bicyclic) bond motifs is 1. The van der Waals surface area contributed by atoms with Crippen LogP contribution >= 0.6 is 23.2 Å². The van der Waals surface area contributed by atoms with Crippen LogP contribution < -0.4 is 0 Å². The predicted molar refractivity (Wildman–Crippen MR) is 81.7 cm³/mol. The molecule has 0 aliphatic carbocycles. The third-order valence-electron chi connectivity index (χ3n) is 3.11. The van der Waals surface area contributed by atoms with Crippen LogP contribution in [0.4, 0.5) is 0 Å². The Hall–Kier alpha value is -1.77. The molecule has 0 saturated heterocycles. The SMILES string of the molecule is CC(=O)c1ccc(-c2cc3cc(Cl)ccc3o2)cc1Cl. The summed E-state index contributed by atoms with van der Waals surface area (Å²) in [6.07, 6.45) is 0. The highest BCUT2D eigenvalue weighted by atomic mass is 35.5. The number of carbonyl (C=O) groups excluding carboxylic acids is 1. The molecule has 2 nitrogen and oxygen atoms in total. The molecule has 0 unspecified atom stereocenters. The molecule has 0 aliphatic heterocycles. The number of benzene rings is 2. The van der Waals surface area contributed by atoms with Gasteiger partial charge >= 0.3 is 0 Å². The monoisotopic (exact) mass is 304 g/mol. The first-order chi connectivity index (χ1) is 9.54. The van der Waals surface area contributed by atoms with Gasteiger partial charge in [-0.15, -0.1) is 0 Å². The van der Waals surface area contributed by atoms with Crippen molar-refractivity contribution in [2.75, 3.05) is 0 Å². The Morgan fingerprint density at radius 2 is 1.85 bits per heavy atom. The van der Waals surface area contributed by atoms with Crippen LogP contribution in [-0.4, -0.2) is 5.78 Å². The molecule has 0 bridgehead atoms. The molecule has 1 aromatic heterocycles. The number of ketones is 1. The van der Waals surface area contributed by atoms with E-state index in [4.69, 9.17) is 27.6 Å². The van der Waals surface area contributed by atoms with E-state index in [0.29, 0.717) is 21.4 Å². The minimum Gasteiger partial charge on any atom is -0.456 e. The van der Waals surface area contributed by atoms with Gasteiger partial charge in [0.2, 0.25) is 0 Å². The third-order valence-corrected chi connectivity index (χ3v) is 3.66. The Morgan fingerprint density at radius 3 is 2.55 bits per heavy atom. The molecule has 0 aliphatic rings. The molecule has 100 valence electrons. The molecule has 1 heterocycles. The summed E-state index contributed by atoms with van der Waals surface area (Å²) in [4.78, 5) is 11.4. The van der Waals surface area contributed by atoms with Gasteiger partial charge in [-0.25, -0.2) is 0 Å². The lowest BCUT2D eigenvalue weighted by atomic mass is 10.1. The van der Waals surface area contributed by atoms with Crippen molar-refractivity contribution in [2.24, 2.45) is 0 Å². The maximum absolute atomic E-state index is 11.4. The smallest absolute Gasteiger partial charge is 0.161 e. The summed E-state index contributed by atoms with van der Waals surface area (Å²) in [5.41, 5.74) is 2.10. The molecule has 0 fully saturated rings. The molecule has 0 radical (unpaired) electrons. The van der Waals surface area contributed by atoms with E-state index in [0.717, 1.165) is 16.5 Å². The van der Waals surface area contributed by atoms with E-state index in [1.807, 2.05) is 24.3 Å². The zero-order valence-corrected chi connectivity index (χ0v) is 12.1. The second-order valence-electron chi connectivity index (χ2n) is 4.54. The Kier molecular flexibility index (Phi) is 3.28. The molecule has 0 N–H and O–H groups in total. The standard InChI is InChI=1S/C16H10Cl2O2/c1-9(19)13-4-2-10(7-14(13)18)16-8-11-6-12(17)3-5-15(11)20-16/h2-8H,1H3. The highest BCUT2D eigenvalue weighted by Gasteiger charge is 2.11. The molecule has 3 rings (SSSR count). The highest BCUT2D eigenvalue weighted by molar-refractivity contribution is 6.34. The molecule has 4 heteroatoms. The first-order valence-corrected chi connectivity index (χ1v) is 6.80. The van der Waals surface area contributed by atoms with Crippen LogP contribution in [0.2, 0.25) is 10.0 Å². The second-order valence-corrected chi connectivity index (χ2v) is 5.39. The van der Waals surface area contributed by atoms with Crippen molar-refractivity contribution in [1.82, 2.24) is 0 Å².